The van der Waals surface area contributed by atoms with Crippen molar-refractivity contribution in [2.75, 3.05) is 52.4 Å². The summed E-state index contributed by atoms with van der Waals surface area (Å²) in [6.45, 7) is 14.2. The average Bonchev–Trinajstić information content (AvgIpc) is 2.76. The molecule has 1 rings (SSSR count). The third-order valence-corrected chi connectivity index (χ3v) is 3.23. The van der Waals surface area contributed by atoms with Gasteiger partial charge in [-0.05, 0) is 39.0 Å². The zero-order chi connectivity index (χ0) is 10.9. The minimum atomic E-state index is 1.09. The molecule has 1 saturated heterocycles. The predicted octanol–water partition coefficient (Wildman–Crippen LogP) is 1.01. The summed E-state index contributed by atoms with van der Waals surface area (Å²) >= 11 is 0. The second-order valence-corrected chi connectivity index (χ2v) is 4.34. The highest BCUT2D eigenvalue weighted by Gasteiger charge is 2.12. The standard InChI is InChI=1S/C12H27N3/c1-3-13-7-10-14(4-2)11-12-15-8-5-6-9-15/h13H,3-12H2,1-2H3. The Morgan fingerprint density at radius 2 is 1.87 bits per heavy atom. The van der Waals surface area contributed by atoms with E-state index in [-0.39, 0.29) is 0 Å². The number of rotatable bonds is 8. The normalized spacial score (nSPS) is 17.8. The van der Waals surface area contributed by atoms with Crippen LogP contribution in [0.4, 0.5) is 0 Å². The van der Waals surface area contributed by atoms with Crippen LogP contribution in [-0.2, 0) is 0 Å². The zero-order valence-corrected chi connectivity index (χ0v) is 10.5. The van der Waals surface area contributed by atoms with Gasteiger partial charge in [-0.3, -0.25) is 0 Å². The lowest BCUT2D eigenvalue weighted by atomic mass is 10.4. The monoisotopic (exact) mass is 213 g/mol. The third kappa shape index (κ3) is 5.50. The largest absolute Gasteiger partial charge is 0.316 e. The first kappa shape index (κ1) is 12.9. The van der Waals surface area contributed by atoms with Crippen LogP contribution >= 0.6 is 0 Å². The van der Waals surface area contributed by atoms with Gasteiger partial charge in [-0.1, -0.05) is 13.8 Å². The molecule has 0 aromatic rings. The van der Waals surface area contributed by atoms with E-state index in [2.05, 4.69) is 29.0 Å². The highest BCUT2D eigenvalue weighted by atomic mass is 15.2. The molecule has 1 heterocycles. The van der Waals surface area contributed by atoms with Crippen LogP contribution < -0.4 is 5.32 Å². The molecule has 1 fully saturated rings. The quantitative estimate of drug-likeness (QED) is 0.607. The molecular weight excluding hydrogens is 186 g/mol. The predicted molar refractivity (Wildman–Crippen MR) is 66.3 cm³/mol. The van der Waals surface area contributed by atoms with Gasteiger partial charge in [0.25, 0.3) is 0 Å². The maximum Gasteiger partial charge on any atom is 0.0110 e. The Balaban J connectivity index is 2.04. The molecule has 15 heavy (non-hydrogen) atoms. The first-order valence-corrected chi connectivity index (χ1v) is 6.52. The van der Waals surface area contributed by atoms with E-state index in [0.717, 1.165) is 13.1 Å². The molecule has 0 unspecified atom stereocenters. The van der Waals surface area contributed by atoms with Crippen molar-refractivity contribution in [2.45, 2.75) is 26.7 Å². The van der Waals surface area contributed by atoms with Gasteiger partial charge in [0.15, 0.2) is 0 Å². The fourth-order valence-electron chi connectivity index (χ4n) is 2.13. The molecule has 1 aliphatic rings. The van der Waals surface area contributed by atoms with Gasteiger partial charge in [0.05, 0.1) is 0 Å². The summed E-state index contributed by atoms with van der Waals surface area (Å²) in [7, 11) is 0. The van der Waals surface area contributed by atoms with Gasteiger partial charge in [-0.2, -0.15) is 0 Å². The lowest BCUT2D eigenvalue weighted by Gasteiger charge is -2.23. The Labute approximate surface area is 94.8 Å². The molecule has 0 bridgehead atoms. The summed E-state index contributed by atoms with van der Waals surface area (Å²) < 4.78 is 0. The van der Waals surface area contributed by atoms with Crippen LogP contribution in [-0.4, -0.2) is 62.2 Å². The Morgan fingerprint density at radius 1 is 1.13 bits per heavy atom. The maximum atomic E-state index is 3.39. The first-order valence-electron chi connectivity index (χ1n) is 6.52. The van der Waals surface area contributed by atoms with E-state index < -0.39 is 0 Å². The van der Waals surface area contributed by atoms with Crippen LogP contribution in [0.15, 0.2) is 0 Å². The minimum absolute atomic E-state index is 1.09. The van der Waals surface area contributed by atoms with E-state index in [1.54, 1.807) is 0 Å². The molecule has 0 atom stereocenters. The van der Waals surface area contributed by atoms with E-state index in [1.807, 2.05) is 0 Å². The number of hydrogen-bond acceptors (Lipinski definition) is 3. The van der Waals surface area contributed by atoms with Gasteiger partial charge < -0.3 is 15.1 Å². The molecule has 0 aromatic heterocycles. The van der Waals surface area contributed by atoms with Crippen molar-refractivity contribution >= 4 is 0 Å². The average molecular weight is 213 g/mol. The van der Waals surface area contributed by atoms with Gasteiger partial charge in [0.1, 0.15) is 0 Å². The summed E-state index contributed by atoms with van der Waals surface area (Å²) in [6, 6.07) is 0. The van der Waals surface area contributed by atoms with Crippen molar-refractivity contribution < 1.29 is 0 Å². The van der Waals surface area contributed by atoms with Gasteiger partial charge in [0, 0.05) is 26.2 Å². The molecule has 0 amide bonds. The summed E-state index contributed by atoms with van der Waals surface area (Å²) in [5, 5.41) is 3.39. The first-order chi connectivity index (χ1) is 7.36. The van der Waals surface area contributed by atoms with Crippen LogP contribution in [0.5, 0.6) is 0 Å². The zero-order valence-electron chi connectivity index (χ0n) is 10.5. The fraction of sp³-hybridized carbons (Fsp3) is 1.00. The summed E-state index contributed by atoms with van der Waals surface area (Å²) in [4.78, 5) is 5.14. The van der Waals surface area contributed by atoms with Crippen molar-refractivity contribution in [3.05, 3.63) is 0 Å². The van der Waals surface area contributed by atoms with Crippen molar-refractivity contribution in [1.29, 1.82) is 0 Å². The SMILES string of the molecule is CCNCCN(CC)CCN1CCCC1. The third-order valence-electron chi connectivity index (χ3n) is 3.23. The van der Waals surface area contributed by atoms with Gasteiger partial charge in [0.2, 0.25) is 0 Å². The van der Waals surface area contributed by atoms with Crippen molar-refractivity contribution in [3.8, 4) is 0 Å². The van der Waals surface area contributed by atoms with E-state index in [1.165, 1.54) is 52.1 Å². The van der Waals surface area contributed by atoms with Gasteiger partial charge in [-0.15, -0.1) is 0 Å². The molecule has 0 spiro atoms. The molecule has 1 N–H and O–H groups in total. The summed E-state index contributed by atoms with van der Waals surface area (Å²) in [6.07, 6.45) is 2.81. The molecular formula is C12H27N3. The molecule has 0 aliphatic carbocycles. The van der Waals surface area contributed by atoms with Crippen LogP contribution in [0, 0.1) is 0 Å². The second kappa shape index (κ2) is 8.08. The summed E-state index contributed by atoms with van der Waals surface area (Å²) in [5.41, 5.74) is 0. The van der Waals surface area contributed by atoms with Crippen LogP contribution in [0.3, 0.4) is 0 Å². The second-order valence-electron chi connectivity index (χ2n) is 4.34. The van der Waals surface area contributed by atoms with Crippen molar-refractivity contribution in [3.63, 3.8) is 0 Å². The maximum absolute atomic E-state index is 3.39. The van der Waals surface area contributed by atoms with Crippen molar-refractivity contribution in [1.82, 2.24) is 15.1 Å². The highest BCUT2D eigenvalue weighted by molar-refractivity contribution is 4.68. The van der Waals surface area contributed by atoms with Crippen LogP contribution in [0.25, 0.3) is 0 Å². The van der Waals surface area contributed by atoms with Gasteiger partial charge >= 0.3 is 0 Å². The Morgan fingerprint density at radius 3 is 2.47 bits per heavy atom. The molecule has 1 aliphatic heterocycles. The molecule has 0 aromatic carbocycles. The molecule has 0 saturated carbocycles. The Bertz CT molecular complexity index is 144. The van der Waals surface area contributed by atoms with Crippen LogP contribution in [0.1, 0.15) is 26.7 Å². The highest BCUT2D eigenvalue weighted by Crippen LogP contribution is 2.06. The fourth-order valence-corrected chi connectivity index (χ4v) is 2.13. The number of hydrogen-bond donors (Lipinski definition) is 1. The van der Waals surface area contributed by atoms with Gasteiger partial charge in [-0.25, -0.2) is 0 Å². The minimum Gasteiger partial charge on any atom is -0.316 e. The van der Waals surface area contributed by atoms with E-state index in [9.17, 15) is 0 Å². The molecule has 3 nitrogen and oxygen atoms in total. The lowest BCUT2D eigenvalue weighted by molar-refractivity contribution is 0.233. The topological polar surface area (TPSA) is 18.5 Å². The lowest BCUT2D eigenvalue weighted by Crippen LogP contribution is -2.37. The Hall–Kier alpha value is -0.120. The molecule has 3 heteroatoms. The number of likely N-dealkylation sites (tertiary alicyclic amines) is 1. The summed E-state index contributed by atoms with van der Waals surface area (Å²) in [5.74, 6) is 0. The number of nitrogens with zero attached hydrogens (tertiary/aromatic N) is 2. The smallest absolute Gasteiger partial charge is 0.0110 e. The number of likely N-dealkylation sites (N-methyl/N-ethyl adjacent to an activating group) is 2. The van der Waals surface area contributed by atoms with Crippen molar-refractivity contribution in [2.24, 2.45) is 0 Å². The van der Waals surface area contributed by atoms with E-state index >= 15 is 0 Å². The van der Waals surface area contributed by atoms with Crippen LogP contribution in [0.2, 0.25) is 0 Å². The number of nitrogens with one attached hydrogen (secondary N) is 1. The van der Waals surface area contributed by atoms with E-state index in [4.69, 9.17) is 0 Å². The molecule has 90 valence electrons. The Kier molecular flexibility index (Phi) is 6.98. The molecule has 0 radical (unpaired) electrons. The van der Waals surface area contributed by atoms with E-state index in [0.29, 0.717) is 0 Å².